The van der Waals surface area contributed by atoms with E-state index >= 15 is 0 Å². The Kier molecular flexibility index (Phi) is 6.15. The molecule has 0 bridgehead atoms. The molecule has 0 saturated heterocycles. The van der Waals surface area contributed by atoms with Crippen LogP contribution in [0.5, 0.6) is 5.75 Å². The first-order valence-corrected chi connectivity index (χ1v) is 6.72. The van der Waals surface area contributed by atoms with Crippen LogP contribution in [0.3, 0.4) is 0 Å². The maximum absolute atomic E-state index is 11.8. The quantitative estimate of drug-likeness (QED) is 0.794. The van der Waals surface area contributed by atoms with E-state index in [-0.39, 0.29) is 5.91 Å². The van der Waals surface area contributed by atoms with Crippen molar-refractivity contribution in [1.82, 2.24) is 5.32 Å². The summed E-state index contributed by atoms with van der Waals surface area (Å²) in [5.41, 5.74) is 1.71. The minimum Gasteiger partial charge on any atom is -0.495 e. The van der Waals surface area contributed by atoms with Gasteiger partial charge in [0.05, 0.1) is 12.8 Å². The molecule has 0 radical (unpaired) electrons. The van der Waals surface area contributed by atoms with Crippen LogP contribution in [0.4, 0.5) is 5.69 Å². The third-order valence-corrected chi connectivity index (χ3v) is 2.99. The number of nitrogens with one attached hydrogen (secondary N) is 2. The molecule has 4 nitrogen and oxygen atoms in total. The van der Waals surface area contributed by atoms with Gasteiger partial charge in [0.2, 0.25) is 5.91 Å². The number of amides is 1. The SMILES string of the molecule is CCNCCC(=O)Nc1c(C)cc(Br)cc1OC. The molecule has 0 atom stereocenters. The van der Waals surface area contributed by atoms with Crippen molar-refractivity contribution in [3.05, 3.63) is 22.2 Å². The first-order valence-electron chi connectivity index (χ1n) is 5.93. The molecule has 0 aliphatic rings. The Morgan fingerprint density at radius 3 is 2.78 bits per heavy atom. The Labute approximate surface area is 116 Å². The number of carbonyl (C=O) groups excluding carboxylic acids is 1. The summed E-state index contributed by atoms with van der Waals surface area (Å²) in [7, 11) is 1.59. The van der Waals surface area contributed by atoms with Crippen LogP contribution in [0.2, 0.25) is 0 Å². The van der Waals surface area contributed by atoms with Gasteiger partial charge in [0.25, 0.3) is 0 Å². The molecule has 0 fully saturated rings. The predicted molar refractivity (Wildman–Crippen MR) is 77.2 cm³/mol. The molecule has 0 saturated carbocycles. The van der Waals surface area contributed by atoms with Crippen molar-refractivity contribution in [3.63, 3.8) is 0 Å². The normalized spacial score (nSPS) is 10.2. The van der Waals surface area contributed by atoms with E-state index in [9.17, 15) is 4.79 Å². The van der Waals surface area contributed by atoms with Gasteiger partial charge in [0.15, 0.2) is 0 Å². The van der Waals surface area contributed by atoms with E-state index in [1.807, 2.05) is 26.0 Å². The summed E-state index contributed by atoms with van der Waals surface area (Å²) in [5.74, 6) is 0.651. The van der Waals surface area contributed by atoms with Crippen LogP contribution >= 0.6 is 15.9 Å². The van der Waals surface area contributed by atoms with E-state index in [0.717, 1.165) is 22.3 Å². The molecule has 0 aliphatic heterocycles. The van der Waals surface area contributed by atoms with E-state index in [1.54, 1.807) is 7.11 Å². The van der Waals surface area contributed by atoms with Crippen LogP contribution in [-0.2, 0) is 4.79 Å². The molecule has 1 amide bonds. The number of rotatable bonds is 6. The minimum atomic E-state index is -0.0142. The summed E-state index contributed by atoms with van der Waals surface area (Å²) in [5, 5.41) is 6.01. The van der Waals surface area contributed by atoms with Crippen LogP contribution < -0.4 is 15.4 Å². The Morgan fingerprint density at radius 1 is 1.44 bits per heavy atom. The second kappa shape index (κ2) is 7.38. The van der Waals surface area contributed by atoms with Crippen molar-refractivity contribution in [2.75, 3.05) is 25.5 Å². The second-order valence-corrected chi connectivity index (χ2v) is 4.87. The Bertz CT molecular complexity index is 422. The number of benzene rings is 1. The van der Waals surface area contributed by atoms with Gasteiger partial charge in [0.1, 0.15) is 5.75 Å². The lowest BCUT2D eigenvalue weighted by Crippen LogP contribution is -2.21. The highest BCUT2D eigenvalue weighted by Gasteiger charge is 2.11. The molecule has 100 valence electrons. The molecule has 18 heavy (non-hydrogen) atoms. The highest BCUT2D eigenvalue weighted by Crippen LogP contribution is 2.32. The smallest absolute Gasteiger partial charge is 0.225 e. The van der Waals surface area contributed by atoms with Gasteiger partial charge in [-0.25, -0.2) is 0 Å². The van der Waals surface area contributed by atoms with Crippen molar-refractivity contribution < 1.29 is 9.53 Å². The van der Waals surface area contributed by atoms with Crippen molar-refractivity contribution >= 4 is 27.5 Å². The maximum Gasteiger partial charge on any atom is 0.225 e. The standard InChI is InChI=1S/C13H19BrN2O2/c1-4-15-6-5-12(17)16-13-9(2)7-10(14)8-11(13)18-3/h7-8,15H,4-6H2,1-3H3,(H,16,17). The third-order valence-electron chi connectivity index (χ3n) is 2.53. The Morgan fingerprint density at radius 2 is 2.17 bits per heavy atom. The number of ether oxygens (including phenoxy) is 1. The number of aryl methyl sites for hydroxylation is 1. The average Bonchev–Trinajstić information content (AvgIpc) is 2.32. The molecule has 0 spiro atoms. The van der Waals surface area contributed by atoms with Gasteiger partial charge in [-0.1, -0.05) is 22.9 Å². The number of carbonyl (C=O) groups is 1. The summed E-state index contributed by atoms with van der Waals surface area (Å²) in [4.78, 5) is 11.8. The molecule has 2 N–H and O–H groups in total. The first-order chi connectivity index (χ1) is 8.58. The lowest BCUT2D eigenvalue weighted by molar-refractivity contribution is -0.116. The molecule has 0 aromatic heterocycles. The van der Waals surface area contributed by atoms with E-state index in [1.165, 1.54) is 0 Å². The van der Waals surface area contributed by atoms with E-state index in [4.69, 9.17) is 4.74 Å². The molecular formula is C13H19BrN2O2. The van der Waals surface area contributed by atoms with E-state index < -0.39 is 0 Å². The first kappa shape index (κ1) is 15.0. The fraction of sp³-hybridized carbons (Fsp3) is 0.462. The van der Waals surface area contributed by atoms with E-state index in [2.05, 4.69) is 26.6 Å². The molecule has 1 aromatic carbocycles. The van der Waals surface area contributed by atoms with Crippen molar-refractivity contribution in [2.24, 2.45) is 0 Å². The maximum atomic E-state index is 11.8. The van der Waals surface area contributed by atoms with Crippen LogP contribution in [-0.4, -0.2) is 26.1 Å². The molecule has 0 heterocycles. The van der Waals surface area contributed by atoms with Crippen LogP contribution in [0, 0.1) is 6.92 Å². The van der Waals surface area contributed by atoms with Gasteiger partial charge in [-0.05, 0) is 31.2 Å². The zero-order chi connectivity index (χ0) is 13.5. The number of hydrogen-bond acceptors (Lipinski definition) is 3. The van der Waals surface area contributed by atoms with Crippen molar-refractivity contribution in [3.8, 4) is 5.75 Å². The Balaban J connectivity index is 2.74. The lowest BCUT2D eigenvalue weighted by Gasteiger charge is -2.13. The van der Waals surface area contributed by atoms with Gasteiger partial charge < -0.3 is 15.4 Å². The van der Waals surface area contributed by atoms with Crippen LogP contribution in [0.15, 0.2) is 16.6 Å². The second-order valence-electron chi connectivity index (χ2n) is 3.95. The zero-order valence-electron chi connectivity index (χ0n) is 11.0. The molecule has 5 heteroatoms. The van der Waals surface area contributed by atoms with Crippen molar-refractivity contribution in [2.45, 2.75) is 20.3 Å². The summed E-state index contributed by atoms with van der Waals surface area (Å²) in [6.45, 7) is 5.50. The third kappa shape index (κ3) is 4.31. The molecule has 0 aliphatic carbocycles. The topological polar surface area (TPSA) is 50.4 Å². The highest BCUT2D eigenvalue weighted by atomic mass is 79.9. The summed E-state index contributed by atoms with van der Waals surface area (Å²) in [6, 6.07) is 3.79. The van der Waals surface area contributed by atoms with Gasteiger partial charge in [-0.15, -0.1) is 0 Å². The Hall–Kier alpha value is -1.07. The van der Waals surface area contributed by atoms with Crippen LogP contribution in [0.25, 0.3) is 0 Å². The zero-order valence-corrected chi connectivity index (χ0v) is 12.6. The fourth-order valence-corrected chi connectivity index (χ4v) is 2.17. The molecule has 0 unspecified atom stereocenters. The molecule has 1 aromatic rings. The number of hydrogen-bond donors (Lipinski definition) is 2. The van der Waals surface area contributed by atoms with Gasteiger partial charge in [-0.3, -0.25) is 4.79 Å². The van der Waals surface area contributed by atoms with Crippen molar-refractivity contribution in [1.29, 1.82) is 0 Å². The number of methoxy groups -OCH3 is 1. The monoisotopic (exact) mass is 314 g/mol. The summed E-state index contributed by atoms with van der Waals surface area (Å²) < 4.78 is 6.21. The molecular weight excluding hydrogens is 296 g/mol. The average molecular weight is 315 g/mol. The van der Waals surface area contributed by atoms with Gasteiger partial charge in [0, 0.05) is 17.4 Å². The fourth-order valence-electron chi connectivity index (χ4n) is 1.61. The largest absolute Gasteiger partial charge is 0.495 e. The predicted octanol–water partition coefficient (Wildman–Crippen LogP) is 2.70. The summed E-state index contributed by atoms with van der Waals surface area (Å²) in [6.07, 6.45) is 0.451. The molecule has 1 rings (SSSR count). The van der Waals surface area contributed by atoms with E-state index in [0.29, 0.717) is 18.7 Å². The number of anilines is 1. The number of halogens is 1. The van der Waals surface area contributed by atoms with Gasteiger partial charge >= 0.3 is 0 Å². The highest BCUT2D eigenvalue weighted by molar-refractivity contribution is 9.10. The minimum absolute atomic E-state index is 0.0142. The lowest BCUT2D eigenvalue weighted by atomic mass is 10.2. The van der Waals surface area contributed by atoms with Gasteiger partial charge in [-0.2, -0.15) is 0 Å². The van der Waals surface area contributed by atoms with Crippen LogP contribution in [0.1, 0.15) is 18.9 Å². The summed E-state index contributed by atoms with van der Waals surface area (Å²) >= 11 is 3.40.